The van der Waals surface area contributed by atoms with Gasteiger partial charge in [-0.3, -0.25) is 9.78 Å². The Morgan fingerprint density at radius 1 is 1.35 bits per heavy atom. The first-order chi connectivity index (χ1) is 9.65. The molecular weight excluding hydrogens is 256 g/mol. The third-order valence-corrected chi connectivity index (χ3v) is 3.05. The first kappa shape index (κ1) is 14.0. The summed E-state index contributed by atoms with van der Waals surface area (Å²) in [6, 6.07) is 8.65. The van der Waals surface area contributed by atoms with Crippen molar-refractivity contribution in [3.63, 3.8) is 0 Å². The number of esters is 1. The minimum absolute atomic E-state index is 0.333. The van der Waals surface area contributed by atoms with Crippen molar-refractivity contribution in [3.8, 4) is 0 Å². The number of carbonyl (C=O) groups is 2. The van der Waals surface area contributed by atoms with Crippen LogP contribution in [0.3, 0.4) is 0 Å². The van der Waals surface area contributed by atoms with Gasteiger partial charge in [0.1, 0.15) is 6.04 Å². The molecule has 5 nitrogen and oxygen atoms in total. The van der Waals surface area contributed by atoms with Crippen molar-refractivity contribution in [3.05, 3.63) is 42.1 Å². The van der Waals surface area contributed by atoms with E-state index in [2.05, 4.69) is 15.0 Å². The molecule has 104 valence electrons. The minimum atomic E-state index is -0.640. The van der Waals surface area contributed by atoms with Gasteiger partial charge in [-0.05, 0) is 18.6 Å². The number of nitrogens with one attached hydrogen (secondary N) is 1. The number of ether oxygens (including phenoxy) is 1. The average Bonchev–Trinajstić information content (AvgIpc) is 2.51. The summed E-state index contributed by atoms with van der Waals surface area (Å²) in [4.78, 5) is 27.8. The zero-order chi connectivity index (χ0) is 14.5. The van der Waals surface area contributed by atoms with Crippen molar-refractivity contribution >= 4 is 22.8 Å². The second-order valence-electron chi connectivity index (χ2n) is 4.37. The molecule has 0 saturated heterocycles. The summed E-state index contributed by atoms with van der Waals surface area (Å²) in [5.74, 6) is -0.782. The van der Waals surface area contributed by atoms with Crippen molar-refractivity contribution in [2.45, 2.75) is 19.4 Å². The maximum atomic E-state index is 12.1. The normalized spacial score (nSPS) is 11.9. The molecule has 1 N–H and O–H groups in total. The van der Waals surface area contributed by atoms with Gasteiger partial charge in [0.2, 0.25) is 0 Å². The fraction of sp³-hybridized carbons (Fsp3) is 0.267. The van der Waals surface area contributed by atoms with Crippen molar-refractivity contribution in [1.82, 2.24) is 10.3 Å². The van der Waals surface area contributed by atoms with E-state index < -0.39 is 12.0 Å². The maximum Gasteiger partial charge on any atom is 0.328 e. The number of amides is 1. The molecule has 1 aromatic carbocycles. The fourth-order valence-corrected chi connectivity index (χ4v) is 1.91. The lowest BCUT2D eigenvalue weighted by molar-refractivity contribution is -0.142. The molecule has 0 aliphatic heterocycles. The second kappa shape index (κ2) is 6.14. The topological polar surface area (TPSA) is 68.3 Å². The van der Waals surface area contributed by atoms with E-state index in [0.717, 1.165) is 10.9 Å². The Labute approximate surface area is 117 Å². The Morgan fingerprint density at radius 2 is 2.10 bits per heavy atom. The molecule has 1 heterocycles. The van der Waals surface area contributed by atoms with Crippen molar-refractivity contribution in [2.75, 3.05) is 7.11 Å². The summed E-state index contributed by atoms with van der Waals surface area (Å²) in [7, 11) is 1.30. The predicted octanol–water partition coefficient (Wildman–Crippen LogP) is 1.92. The first-order valence-electron chi connectivity index (χ1n) is 6.39. The summed E-state index contributed by atoms with van der Waals surface area (Å²) in [6.45, 7) is 1.81. The van der Waals surface area contributed by atoms with Crippen LogP contribution in [0.25, 0.3) is 10.9 Å². The number of benzene rings is 1. The van der Waals surface area contributed by atoms with Crippen LogP contribution >= 0.6 is 0 Å². The molecule has 20 heavy (non-hydrogen) atoms. The van der Waals surface area contributed by atoms with Gasteiger partial charge in [-0.25, -0.2) is 4.79 Å². The molecule has 5 heteroatoms. The Bertz CT molecular complexity index is 640. The lowest BCUT2D eigenvalue weighted by Gasteiger charge is -2.14. The number of nitrogens with zero attached hydrogens (tertiary/aromatic N) is 1. The molecule has 1 amide bonds. The third-order valence-electron chi connectivity index (χ3n) is 3.05. The molecule has 1 atom stereocenters. The molecule has 0 aliphatic rings. The highest BCUT2D eigenvalue weighted by Crippen LogP contribution is 2.12. The van der Waals surface area contributed by atoms with E-state index in [1.54, 1.807) is 13.0 Å². The quantitative estimate of drug-likeness (QED) is 0.863. The van der Waals surface area contributed by atoms with Gasteiger partial charge in [-0.1, -0.05) is 25.1 Å². The molecule has 1 aromatic heterocycles. The van der Waals surface area contributed by atoms with E-state index in [4.69, 9.17) is 0 Å². The number of rotatable bonds is 4. The van der Waals surface area contributed by atoms with Crippen molar-refractivity contribution in [1.29, 1.82) is 0 Å². The number of fused-ring (bicyclic) bond motifs is 1. The van der Waals surface area contributed by atoms with Crippen LogP contribution in [0.4, 0.5) is 0 Å². The van der Waals surface area contributed by atoms with Gasteiger partial charge >= 0.3 is 5.97 Å². The SMILES string of the molecule is CCC(NC(=O)c1cnc2ccccc2c1)C(=O)OC. The summed E-state index contributed by atoms with van der Waals surface area (Å²) in [6.07, 6.45) is 1.97. The Kier molecular flexibility index (Phi) is 4.30. The number of carbonyl (C=O) groups excluding carboxylic acids is 2. The van der Waals surface area contributed by atoms with Crippen LogP contribution in [-0.2, 0) is 9.53 Å². The van der Waals surface area contributed by atoms with Crippen LogP contribution in [0.1, 0.15) is 23.7 Å². The van der Waals surface area contributed by atoms with Gasteiger partial charge in [0.05, 0.1) is 18.2 Å². The Morgan fingerprint density at radius 3 is 2.80 bits per heavy atom. The number of hydrogen-bond donors (Lipinski definition) is 1. The molecule has 2 aromatic rings. The fourth-order valence-electron chi connectivity index (χ4n) is 1.91. The number of methoxy groups -OCH3 is 1. The molecule has 0 saturated carbocycles. The van der Waals surface area contributed by atoms with Crippen LogP contribution < -0.4 is 5.32 Å². The molecule has 1 unspecified atom stereocenters. The highest BCUT2D eigenvalue weighted by molar-refractivity contribution is 5.99. The van der Waals surface area contributed by atoms with Gasteiger partial charge in [0.25, 0.3) is 5.91 Å². The van der Waals surface area contributed by atoms with E-state index in [1.165, 1.54) is 13.3 Å². The van der Waals surface area contributed by atoms with Gasteiger partial charge in [0, 0.05) is 11.6 Å². The molecule has 0 bridgehead atoms. The van der Waals surface area contributed by atoms with Gasteiger partial charge in [-0.15, -0.1) is 0 Å². The maximum absolute atomic E-state index is 12.1. The van der Waals surface area contributed by atoms with Gasteiger partial charge in [-0.2, -0.15) is 0 Å². The average molecular weight is 272 g/mol. The van der Waals surface area contributed by atoms with E-state index in [0.29, 0.717) is 12.0 Å². The molecule has 0 fully saturated rings. The largest absolute Gasteiger partial charge is 0.467 e. The molecule has 0 radical (unpaired) electrons. The molecule has 0 spiro atoms. The lowest BCUT2D eigenvalue weighted by atomic mass is 10.1. The zero-order valence-electron chi connectivity index (χ0n) is 11.4. The van der Waals surface area contributed by atoms with Crippen molar-refractivity contribution < 1.29 is 14.3 Å². The molecule has 2 rings (SSSR count). The van der Waals surface area contributed by atoms with Crippen molar-refractivity contribution in [2.24, 2.45) is 0 Å². The zero-order valence-corrected chi connectivity index (χ0v) is 11.4. The van der Waals surface area contributed by atoms with Crippen LogP contribution in [0, 0.1) is 0 Å². The standard InChI is InChI=1S/C15H16N2O3/c1-3-12(15(19)20-2)17-14(18)11-8-10-6-4-5-7-13(10)16-9-11/h4-9,12H,3H2,1-2H3,(H,17,18). The minimum Gasteiger partial charge on any atom is -0.467 e. The second-order valence-corrected chi connectivity index (χ2v) is 4.37. The summed E-state index contributed by atoms with van der Waals surface area (Å²) < 4.78 is 4.64. The van der Waals surface area contributed by atoms with E-state index in [9.17, 15) is 9.59 Å². The van der Waals surface area contributed by atoms with Gasteiger partial charge in [0.15, 0.2) is 0 Å². The first-order valence-corrected chi connectivity index (χ1v) is 6.39. The number of para-hydroxylation sites is 1. The lowest BCUT2D eigenvalue weighted by Crippen LogP contribution is -2.41. The summed E-state index contributed by atoms with van der Waals surface area (Å²) in [5, 5.41) is 3.53. The Balaban J connectivity index is 2.20. The molecule has 0 aliphatic carbocycles. The van der Waals surface area contributed by atoms with Gasteiger partial charge < -0.3 is 10.1 Å². The number of pyridine rings is 1. The summed E-state index contributed by atoms with van der Waals surface area (Å²) >= 11 is 0. The highest BCUT2D eigenvalue weighted by atomic mass is 16.5. The molecular formula is C15H16N2O3. The monoisotopic (exact) mass is 272 g/mol. The van der Waals surface area contributed by atoms with E-state index in [-0.39, 0.29) is 5.91 Å². The third kappa shape index (κ3) is 2.93. The highest BCUT2D eigenvalue weighted by Gasteiger charge is 2.20. The van der Waals surface area contributed by atoms with Crippen LogP contribution in [0.2, 0.25) is 0 Å². The van der Waals surface area contributed by atoms with Crippen LogP contribution in [-0.4, -0.2) is 30.0 Å². The van der Waals surface area contributed by atoms with E-state index >= 15 is 0 Å². The Hall–Kier alpha value is -2.43. The predicted molar refractivity (Wildman–Crippen MR) is 75.3 cm³/mol. The number of hydrogen-bond acceptors (Lipinski definition) is 4. The van der Waals surface area contributed by atoms with E-state index in [1.807, 2.05) is 24.3 Å². The smallest absolute Gasteiger partial charge is 0.328 e. The van der Waals surface area contributed by atoms with Crippen LogP contribution in [0.5, 0.6) is 0 Å². The van der Waals surface area contributed by atoms with Crippen LogP contribution in [0.15, 0.2) is 36.5 Å². The summed E-state index contributed by atoms with van der Waals surface area (Å²) in [5.41, 5.74) is 1.25. The number of aromatic nitrogens is 1.